The molecule has 2 heterocycles. The minimum absolute atomic E-state index is 0.0661. The molecule has 18 heavy (non-hydrogen) atoms. The molecule has 2 aromatic heterocycles. The number of hydrogen-bond donors (Lipinski definition) is 1. The summed E-state index contributed by atoms with van der Waals surface area (Å²) in [6, 6.07) is 1.86. The Morgan fingerprint density at radius 1 is 1.33 bits per heavy atom. The molecule has 0 fully saturated rings. The van der Waals surface area contributed by atoms with Crippen LogP contribution in [-0.2, 0) is 5.41 Å². The lowest BCUT2D eigenvalue weighted by Crippen LogP contribution is -2.18. The van der Waals surface area contributed by atoms with Gasteiger partial charge in [-0.3, -0.25) is 0 Å². The molecule has 0 radical (unpaired) electrons. The second-order valence-electron chi connectivity index (χ2n) is 4.97. The molecule has 0 aromatic carbocycles. The number of aromatic nitrogens is 2. The lowest BCUT2D eigenvalue weighted by Gasteiger charge is -2.20. The van der Waals surface area contributed by atoms with E-state index < -0.39 is 0 Å². The first-order chi connectivity index (χ1) is 8.29. The number of nitrogens with two attached hydrogens (primary N) is 1. The van der Waals surface area contributed by atoms with Crippen LogP contribution in [0.4, 0.5) is 5.82 Å². The Hall–Kier alpha value is -0.400. The van der Waals surface area contributed by atoms with Crippen molar-refractivity contribution in [1.29, 1.82) is 0 Å². The summed E-state index contributed by atoms with van der Waals surface area (Å²) in [5.74, 6) is 1.17. The summed E-state index contributed by atoms with van der Waals surface area (Å²) in [6.07, 6.45) is 0. The van der Waals surface area contributed by atoms with Gasteiger partial charge in [-0.05, 0) is 28.7 Å². The van der Waals surface area contributed by atoms with E-state index in [-0.39, 0.29) is 5.41 Å². The van der Waals surface area contributed by atoms with Crippen LogP contribution in [-0.4, -0.2) is 9.97 Å². The number of halogens is 2. The van der Waals surface area contributed by atoms with Crippen molar-refractivity contribution in [2.24, 2.45) is 0 Å². The van der Waals surface area contributed by atoms with Crippen molar-refractivity contribution in [3.8, 4) is 10.7 Å². The van der Waals surface area contributed by atoms with Crippen molar-refractivity contribution < 1.29 is 0 Å². The van der Waals surface area contributed by atoms with Gasteiger partial charge in [-0.25, -0.2) is 9.97 Å². The van der Waals surface area contributed by atoms with Crippen molar-refractivity contribution in [3.05, 3.63) is 25.7 Å². The fraction of sp³-hybridized carbons (Fsp3) is 0.333. The van der Waals surface area contributed by atoms with Gasteiger partial charge in [-0.2, -0.15) is 0 Å². The number of rotatable bonds is 1. The van der Waals surface area contributed by atoms with Crippen molar-refractivity contribution in [2.75, 3.05) is 5.73 Å². The van der Waals surface area contributed by atoms with Gasteiger partial charge in [-0.15, -0.1) is 11.3 Å². The maximum Gasteiger partial charge on any atom is 0.171 e. The highest BCUT2D eigenvalue weighted by Gasteiger charge is 2.23. The molecule has 96 valence electrons. The Labute approximate surface area is 129 Å². The number of anilines is 1. The van der Waals surface area contributed by atoms with E-state index in [9.17, 15) is 0 Å². The minimum atomic E-state index is -0.0661. The fourth-order valence-electron chi connectivity index (χ4n) is 1.50. The van der Waals surface area contributed by atoms with E-state index in [1.54, 1.807) is 0 Å². The lowest BCUT2D eigenvalue weighted by atomic mass is 9.92. The van der Waals surface area contributed by atoms with E-state index in [1.807, 2.05) is 11.4 Å². The molecule has 0 atom stereocenters. The molecule has 3 nitrogen and oxygen atoms in total. The Morgan fingerprint density at radius 3 is 2.50 bits per heavy atom. The zero-order chi connectivity index (χ0) is 13.5. The molecule has 0 saturated carbocycles. The maximum atomic E-state index is 5.98. The van der Waals surface area contributed by atoms with Gasteiger partial charge in [-0.1, -0.05) is 32.4 Å². The van der Waals surface area contributed by atoms with Crippen LogP contribution in [0.3, 0.4) is 0 Å². The molecule has 0 unspecified atom stereocenters. The minimum Gasteiger partial charge on any atom is -0.383 e. The zero-order valence-corrected chi connectivity index (χ0v) is 14.0. The maximum absolute atomic E-state index is 5.98. The van der Waals surface area contributed by atoms with Crippen LogP contribution in [0.5, 0.6) is 0 Å². The van der Waals surface area contributed by atoms with Crippen LogP contribution in [0, 0.1) is 3.57 Å². The molecule has 6 heteroatoms. The molecule has 0 aliphatic heterocycles. The highest BCUT2D eigenvalue weighted by Crippen LogP contribution is 2.33. The standard InChI is InChI=1S/C12H13ClIN3S/c1-12(2,3)9-8(14)10(15)17-11(16-9)7-4-6(13)5-18-7/h4-5H,1-3H3,(H2,15,16,17). The Balaban J connectivity index is 2.61. The second-order valence-corrected chi connectivity index (χ2v) is 7.40. The fourth-order valence-corrected chi connectivity index (χ4v) is 3.56. The van der Waals surface area contributed by atoms with E-state index in [4.69, 9.17) is 17.3 Å². The van der Waals surface area contributed by atoms with Crippen LogP contribution in [0.2, 0.25) is 5.02 Å². The summed E-state index contributed by atoms with van der Waals surface area (Å²) in [7, 11) is 0. The molecule has 2 N–H and O–H groups in total. The molecule has 2 rings (SSSR count). The summed E-state index contributed by atoms with van der Waals surface area (Å²) in [5, 5.41) is 2.57. The molecule has 0 amide bonds. The average molecular weight is 394 g/mol. The van der Waals surface area contributed by atoms with Gasteiger partial charge >= 0.3 is 0 Å². The second kappa shape index (κ2) is 4.94. The van der Waals surface area contributed by atoms with Gasteiger partial charge in [0.2, 0.25) is 0 Å². The van der Waals surface area contributed by atoms with Crippen LogP contribution >= 0.6 is 45.5 Å². The summed E-state index contributed by atoms with van der Waals surface area (Å²) < 4.78 is 0.923. The van der Waals surface area contributed by atoms with Crippen molar-refractivity contribution in [3.63, 3.8) is 0 Å². The average Bonchev–Trinajstić information content (AvgIpc) is 2.67. The summed E-state index contributed by atoms with van der Waals surface area (Å²) in [6.45, 7) is 6.34. The highest BCUT2D eigenvalue weighted by molar-refractivity contribution is 14.1. The largest absolute Gasteiger partial charge is 0.383 e. The number of nitrogens with zero attached hydrogens (tertiary/aromatic N) is 2. The molecule has 2 aromatic rings. The van der Waals surface area contributed by atoms with Crippen LogP contribution in [0.15, 0.2) is 11.4 Å². The zero-order valence-electron chi connectivity index (χ0n) is 10.3. The summed E-state index contributed by atoms with van der Waals surface area (Å²) >= 11 is 9.65. The number of thiophene rings is 1. The molecule has 0 aliphatic rings. The third kappa shape index (κ3) is 2.78. The Kier molecular flexibility index (Phi) is 3.85. The van der Waals surface area contributed by atoms with E-state index in [2.05, 4.69) is 53.3 Å². The highest BCUT2D eigenvalue weighted by atomic mass is 127. The van der Waals surface area contributed by atoms with Gasteiger partial charge in [0.15, 0.2) is 5.82 Å². The smallest absolute Gasteiger partial charge is 0.171 e. The SMILES string of the molecule is CC(C)(C)c1nc(-c2cc(Cl)cs2)nc(N)c1I. The van der Waals surface area contributed by atoms with Crippen molar-refractivity contribution in [2.45, 2.75) is 26.2 Å². The van der Waals surface area contributed by atoms with E-state index in [1.165, 1.54) is 11.3 Å². The molecular formula is C12H13ClIN3S. The predicted molar refractivity (Wildman–Crippen MR) is 86.2 cm³/mol. The van der Waals surface area contributed by atoms with Gasteiger partial charge in [0.1, 0.15) is 5.82 Å². The van der Waals surface area contributed by atoms with Crippen LogP contribution < -0.4 is 5.73 Å². The van der Waals surface area contributed by atoms with Gasteiger partial charge < -0.3 is 5.73 Å². The summed E-state index contributed by atoms with van der Waals surface area (Å²) in [4.78, 5) is 9.92. The Bertz CT molecular complexity index is 589. The number of nitrogen functional groups attached to an aromatic ring is 1. The first-order valence-electron chi connectivity index (χ1n) is 5.37. The lowest BCUT2D eigenvalue weighted by molar-refractivity contribution is 0.564. The first-order valence-corrected chi connectivity index (χ1v) is 7.70. The quantitative estimate of drug-likeness (QED) is 0.733. The first kappa shape index (κ1) is 14.0. The van der Waals surface area contributed by atoms with E-state index in [0.717, 1.165) is 14.1 Å². The molecule has 0 saturated heterocycles. The molecule has 0 spiro atoms. The summed E-state index contributed by atoms with van der Waals surface area (Å²) in [5.41, 5.74) is 6.88. The van der Waals surface area contributed by atoms with Crippen molar-refractivity contribution in [1.82, 2.24) is 9.97 Å². The van der Waals surface area contributed by atoms with Crippen LogP contribution in [0.25, 0.3) is 10.7 Å². The molecular weight excluding hydrogens is 381 g/mol. The molecule has 0 aliphatic carbocycles. The van der Waals surface area contributed by atoms with Gasteiger partial charge in [0.05, 0.1) is 19.2 Å². The monoisotopic (exact) mass is 393 g/mol. The Morgan fingerprint density at radius 2 is 2.00 bits per heavy atom. The van der Waals surface area contributed by atoms with Crippen LogP contribution in [0.1, 0.15) is 26.5 Å². The third-order valence-corrected chi connectivity index (χ3v) is 4.71. The van der Waals surface area contributed by atoms with Gasteiger partial charge in [0.25, 0.3) is 0 Å². The number of hydrogen-bond acceptors (Lipinski definition) is 4. The molecule has 0 bridgehead atoms. The predicted octanol–water partition coefficient (Wildman–Crippen LogP) is 4.34. The van der Waals surface area contributed by atoms with E-state index in [0.29, 0.717) is 16.7 Å². The van der Waals surface area contributed by atoms with Gasteiger partial charge in [0, 0.05) is 10.8 Å². The normalized spacial score (nSPS) is 11.8. The van der Waals surface area contributed by atoms with Crippen molar-refractivity contribution >= 4 is 51.3 Å². The third-order valence-electron chi connectivity index (χ3n) is 2.38. The van der Waals surface area contributed by atoms with E-state index >= 15 is 0 Å². The topological polar surface area (TPSA) is 51.8 Å².